The SMILES string of the molecule is O=C(OCc1ccc(OCc2ccccn2)cc1)c1ccc(OCC2CCCO2)cc1. The van der Waals surface area contributed by atoms with Crippen molar-refractivity contribution >= 4 is 5.97 Å². The number of nitrogens with zero attached hydrogens (tertiary/aromatic N) is 1. The minimum atomic E-state index is -0.374. The molecule has 31 heavy (non-hydrogen) atoms. The molecule has 1 aliphatic rings. The van der Waals surface area contributed by atoms with Crippen molar-refractivity contribution in [2.24, 2.45) is 0 Å². The molecule has 1 unspecified atom stereocenters. The summed E-state index contributed by atoms with van der Waals surface area (Å²) in [6.07, 6.45) is 4.01. The lowest BCUT2D eigenvalue weighted by molar-refractivity contribution is 0.0472. The predicted molar refractivity (Wildman–Crippen MR) is 115 cm³/mol. The Morgan fingerprint density at radius 3 is 2.42 bits per heavy atom. The molecular formula is C25H25NO5. The van der Waals surface area contributed by atoms with Gasteiger partial charge in [-0.3, -0.25) is 4.98 Å². The summed E-state index contributed by atoms with van der Waals surface area (Å²) < 4.78 is 22.4. The zero-order valence-corrected chi connectivity index (χ0v) is 17.2. The highest BCUT2D eigenvalue weighted by molar-refractivity contribution is 5.89. The van der Waals surface area contributed by atoms with Gasteiger partial charge in [0.2, 0.25) is 0 Å². The second-order valence-electron chi connectivity index (χ2n) is 7.30. The Morgan fingerprint density at radius 1 is 0.935 bits per heavy atom. The van der Waals surface area contributed by atoms with Crippen molar-refractivity contribution in [3.05, 3.63) is 89.7 Å². The van der Waals surface area contributed by atoms with Gasteiger partial charge in [-0.1, -0.05) is 18.2 Å². The Labute approximate surface area is 181 Å². The molecule has 4 rings (SSSR count). The summed E-state index contributed by atoms with van der Waals surface area (Å²) >= 11 is 0. The number of carbonyl (C=O) groups excluding carboxylic acids is 1. The van der Waals surface area contributed by atoms with Crippen LogP contribution < -0.4 is 9.47 Å². The Balaban J connectivity index is 1.21. The van der Waals surface area contributed by atoms with Crippen LogP contribution in [0.15, 0.2) is 72.9 Å². The van der Waals surface area contributed by atoms with E-state index in [-0.39, 0.29) is 18.7 Å². The predicted octanol–water partition coefficient (Wildman–Crippen LogP) is 4.58. The Hall–Kier alpha value is -3.38. The lowest BCUT2D eigenvalue weighted by Crippen LogP contribution is -2.16. The molecule has 0 N–H and O–H groups in total. The molecule has 0 bridgehead atoms. The van der Waals surface area contributed by atoms with Gasteiger partial charge >= 0.3 is 5.97 Å². The molecule has 1 saturated heterocycles. The number of esters is 1. The van der Waals surface area contributed by atoms with Crippen LogP contribution in [0.3, 0.4) is 0 Å². The molecule has 6 heteroatoms. The number of hydrogen-bond acceptors (Lipinski definition) is 6. The van der Waals surface area contributed by atoms with E-state index in [0.29, 0.717) is 24.5 Å². The molecule has 1 aliphatic heterocycles. The van der Waals surface area contributed by atoms with Crippen molar-refractivity contribution in [2.75, 3.05) is 13.2 Å². The van der Waals surface area contributed by atoms with Crippen LogP contribution in [-0.2, 0) is 22.7 Å². The molecule has 0 spiro atoms. The van der Waals surface area contributed by atoms with Gasteiger partial charge in [-0.05, 0) is 66.9 Å². The second-order valence-corrected chi connectivity index (χ2v) is 7.30. The lowest BCUT2D eigenvalue weighted by atomic mass is 10.2. The summed E-state index contributed by atoms with van der Waals surface area (Å²) in [5.41, 5.74) is 2.23. The number of hydrogen-bond donors (Lipinski definition) is 0. The van der Waals surface area contributed by atoms with Gasteiger partial charge in [-0.15, -0.1) is 0 Å². The van der Waals surface area contributed by atoms with Crippen LogP contribution in [0.2, 0.25) is 0 Å². The van der Waals surface area contributed by atoms with Gasteiger partial charge in [0.25, 0.3) is 0 Å². The number of aromatic nitrogens is 1. The molecule has 0 saturated carbocycles. The van der Waals surface area contributed by atoms with Crippen molar-refractivity contribution < 1.29 is 23.7 Å². The number of carbonyl (C=O) groups is 1. The van der Waals surface area contributed by atoms with Crippen molar-refractivity contribution in [1.29, 1.82) is 0 Å². The van der Waals surface area contributed by atoms with Crippen LogP contribution in [0.25, 0.3) is 0 Å². The van der Waals surface area contributed by atoms with Crippen molar-refractivity contribution in [3.8, 4) is 11.5 Å². The molecule has 1 atom stereocenters. The van der Waals surface area contributed by atoms with E-state index in [1.54, 1.807) is 30.5 Å². The van der Waals surface area contributed by atoms with Crippen LogP contribution >= 0.6 is 0 Å². The summed E-state index contributed by atoms with van der Waals surface area (Å²) in [5.74, 6) is 1.08. The highest BCUT2D eigenvalue weighted by atomic mass is 16.5. The molecule has 0 aliphatic carbocycles. The maximum atomic E-state index is 12.3. The first-order valence-corrected chi connectivity index (χ1v) is 10.4. The zero-order valence-electron chi connectivity index (χ0n) is 17.2. The van der Waals surface area contributed by atoms with Gasteiger partial charge in [0, 0.05) is 12.8 Å². The second kappa shape index (κ2) is 10.6. The van der Waals surface area contributed by atoms with Crippen LogP contribution in [-0.4, -0.2) is 30.3 Å². The highest BCUT2D eigenvalue weighted by Crippen LogP contribution is 2.18. The van der Waals surface area contributed by atoms with Gasteiger partial charge < -0.3 is 18.9 Å². The zero-order chi connectivity index (χ0) is 21.3. The lowest BCUT2D eigenvalue weighted by Gasteiger charge is -2.11. The van der Waals surface area contributed by atoms with Gasteiger partial charge in [0.1, 0.15) is 31.3 Å². The number of ether oxygens (including phenoxy) is 4. The third kappa shape index (κ3) is 6.30. The highest BCUT2D eigenvalue weighted by Gasteiger charge is 2.16. The number of benzene rings is 2. The van der Waals surface area contributed by atoms with E-state index in [4.69, 9.17) is 18.9 Å². The third-order valence-electron chi connectivity index (χ3n) is 4.96. The van der Waals surface area contributed by atoms with Crippen LogP contribution in [0.5, 0.6) is 11.5 Å². The monoisotopic (exact) mass is 419 g/mol. The summed E-state index contributed by atoms with van der Waals surface area (Å²) in [4.78, 5) is 16.5. The normalized spacial score (nSPS) is 15.4. The molecule has 1 aromatic heterocycles. The number of rotatable bonds is 9. The van der Waals surface area contributed by atoms with E-state index in [0.717, 1.165) is 36.5 Å². The van der Waals surface area contributed by atoms with Crippen LogP contribution in [0, 0.1) is 0 Å². The van der Waals surface area contributed by atoms with E-state index >= 15 is 0 Å². The maximum absolute atomic E-state index is 12.3. The number of pyridine rings is 1. The summed E-state index contributed by atoms with van der Waals surface area (Å²) in [6.45, 7) is 1.93. The average Bonchev–Trinajstić information content (AvgIpc) is 3.35. The Morgan fingerprint density at radius 2 is 1.71 bits per heavy atom. The molecule has 160 valence electrons. The van der Waals surface area contributed by atoms with E-state index < -0.39 is 0 Å². The minimum Gasteiger partial charge on any atom is -0.491 e. The standard InChI is InChI=1S/C25H25NO5/c27-25(20-8-12-23(13-9-20)30-18-24-5-3-15-28-24)31-16-19-6-10-22(11-7-19)29-17-21-4-1-2-14-26-21/h1-2,4,6-14,24H,3,5,15-18H2. The summed E-state index contributed by atoms with van der Waals surface area (Å²) in [5, 5.41) is 0. The first-order chi connectivity index (χ1) is 15.3. The quantitative estimate of drug-likeness (QED) is 0.473. The van der Waals surface area contributed by atoms with E-state index in [9.17, 15) is 4.79 Å². The summed E-state index contributed by atoms with van der Waals surface area (Å²) in [6, 6.07) is 20.1. The third-order valence-corrected chi connectivity index (χ3v) is 4.96. The van der Waals surface area contributed by atoms with Gasteiger partial charge in [-0.2, -0.15) is 0 Å². The largest absolute Gasteiger partial charge is 0.491 e. The molecule has 0 radical (unpaired) electrons. The fourth-order valence-corrected chi connectivity index (χ4v) is 3.21. The Kier molecular flexibility index (Phi) is 7.13. The van der Waals surface area contributed by atoms with E-state index in [2.05, 4.69) is 4.98 Å². The van der Waals surface area contributed by atoms with Gasteiger partial charge in [0.15, 0.2) is 0 Å². The first-order valence-electron chi connectivity index (χ1n) is 10.4. The average molecular weight is 419 g/mol. The molecule has 6 nitrogen and oxygen atoms in total. The van der Waals surface area contributed by atoms with E-state index in [1.807, 2.05) is 42.5 Å². The first kappa shape index (κ1) is 20.9. The molecule has 3 aromatic rings. The Bertz CT molecular complexity index is 951. The van der Waals surface area contributed by atoms with Crippen molar-refractivity contribution in [3.63, 3.8) is 0 Å². The van der Waals surface area contributed by atoms with Crippen molar-refractivity contribution in [1.82, 2.24) is 4.98 Å². The van der Waals surface area contributed by atoms with Gasteiger partial charge in [0.05, 0.1) is 17.4 Å². The van der Waals surface area contributed by atoms with E-state index in [1.165, 1.54) is 0 Å². The van der Waals surface area contributed by atoms with Crippen LogP contribution in [0.4, 0.5) is 0 Å². The molecular weight excluding hydrogens is 394 g/mol. The minimum absolute atomic E-state index is 0.163. The van der Waals surface area contributed by atoms with Gasteiger partial charge in [-0.25, -0.2) is 4.79 Å². The molecule has 1 fully saturated rings. The summed E-state index contributed by atoms with van der Waals surface area (Å²) in [7, 11) is 0. The van der Waals surface area contributed by atoms with Crippen LogP contribution in [0.1, 0.15) is 34.5 Å². The molecule has 0 amide bonds. The fourth-order valence-electron chi connectivity index (χ4n) is 3.21. The smallest absolute Gasteiger partial charge is 0.338 e. The molecule has 2 heterocycles. The maximum Gasteiger partial charge on any atom is 0.338 e. The van der Waals surface area contributed by atoms with Crippen molar-refractivity contribution in [2.45, 2.75) is 32.2 Å². The topological polar surface area (TPSA) is 66.9 Å². The molecule has 2 aromatic carbocycles. The fraction of sp³-hybridized carbons (Fsp3) is 0.280.